The molecule has 17 heavy (non-hydrogen) atoms. The van der Waals surface area contributed by atoms with E-state index in [1.165, 1.54) is 7.11 Å². The lowest BCUT2D eigenvalue weighted by atomic mass is 10.0. The first-order valence-corrected chi connectivity index (χ1v) is 5.27. The van der Waals surface area contributed by atoms with Gasteiger partial charge in [-0.3, -0.25) is 4.79 Å². The van der Waals surface area contributed by atoms with Gasteiger partial charge in [0.2, 0.25) is 0 Å². The van der Waals surface area contributed by atoms with Crippen LogP contribution in [0, 0.1) is 5.92 Å². The molecule has 0 aliphatic carbocycles. The minimum Gasteiger partial charge on any atom is -0.481 e. The molecule has 0 bridgehead atoms. The SMILES string of the molecule is COc1nc2c(CC(C)C(=O)O)cccc2o1. The lowest BCUT2D eigenvalue weighted by Gasteiger charge is -2.05. The van der Waals surface area contributed by atoms with E-state index in [-0.39, 0.29) is 6.08 Å². The van der Waals surface area contributed by atoms with Crippen LogP contribution in [0.1, 0.15) is 12.5 Å². The van der Waals surface area contributed by atoms with Crippen molar-refractivity contribution in [2.45, 2.75) is 13.3 Å². The Kier molecular flexibility index (Phi) is 2.99. The largest absolute Gasteiger partial charge is 0.481 e. The van der Waals surface area contributed by atoms with E-state index in [1.54, 1.807) is 13.0 Å². The van der Waals surface area contributed by atoms with Crippen LogP contribution in [0.25, 0.3) is 11.1 Å². The molecule has 1 heterocycles. The lowest BCUT2D eigenvalue weighted by molar-refractivity contribution is -0.141. The number of fused-ring (bicyclic) bond motifs is 1. The molecule has 1 N–H and O–H groups in total. The van der Waals surface area contributed by atoms with Crippen LogP contribution in [0.3, 0.4) is 0 Å². The monoisotopic (exact) mass is 235 g/mol. The lowest BCUT2D eigenvalue weighted by Crippen LogP contribution is -2.12. The van der Waals surface area contributed by atoms with E-state index in [2.05, 4.69) is 4.98 Å². The first-order valence-electron chi connectivity index (χ1n) is 5.27. The summed E-state index contributed by atoms with van der Waals surface area (Å²) >= 11 is 0. The third kappa shape index (κ3) is 2.22. The molecule has 1 aromatic heterocycles. The Morgan fingerprint density at radius 1 is 1.59 bits per heavy atom. The van der Waals surface area contributed by atoms with E-state index in [1.807, 2.05) is 12.1 Å². The molecule has 5 nitrogen and oxygen atoms in total. The van der Waals surface area contributed by atoms with Gasteiger partial charge in [-0.15, -0.1) is 0 Å². The van der Waals surface area contributed by atoms with Crippen molar-refractivity contribution < 1.29 is 19.1 Å². The molecule has 1 atom stereocenters. The number of para-hydroxylation sites is 1. The number of methoxy groups -OCH3 is 1. The smallest absolute Gasteiger partial charge is 0.394 e. The number of oxazole rings is 1. The molecule has 1 unspecified atom stereocenters. The molecule has 2 rings (SSSR count). The summed E-state index contributed by atoms with van der Waals surface area (Å²) in [6.07, 6.45) is 0.609. The number of aliphatic carboxylic acids is 1. The topological polar surface area (TPSA) is 72.6 Å². The highest BCUT2D eigenvalue weighted by Crippen LogP contribution is 2.25. The van der Waals surface area contributed by atoms with E-state index in [0.717, 1.165) is 5.56 Å². The quantitative estimate of drug-likeness (QED) is 0.878. The van der Waals surface area contributed by atoms with Crippen molar-refractivity contribution in [2.75, 3.05) is 7.11 Å². The zero-order chi connectivity index (χ0) is 12.4. The van der Waals surface area contributed by atoms with Crippen molar-refractivity contribution >= 4 is 17.1 Å². The Bertz CT molecular complexity index is 546. The average molecular weight is 235 g/mol. The number of carboxylic acids is 1. The molecule has 0 aliphatic rings. The third-order valence-corrected chi connectivity index (χ3v) is 2.61. The summed E-state index contributed by atoms with van der Waals surface area (Å²) in [6.45, 7) is 1.67. The van der Waals surface area contributed by atoms with Crippen LogP contribution in [0.5, 0.6) is 6.08 Å². The summed E-state index contributed by atoms with van der Waals surface area (Å²) in [6, 6.07) is 5.44. The van der Waals surface area contributed by atoms with Gasteiger partial charge in [0.1, 0.15) is 5.52 Å². The van der Waals surface area contributed by atoms with Crippen molar-refractivity contribution in [3.05, 3.63) is 23.8 Å². The Balaban J connectivity index is 2.39. The Morgan fingerprint density at radius 2 is 2.35 bits per heavy atom. The van der Waals surface area contributed by atoms with Gasteiger partial charge in [0.25, 0.3) is 0 Å². The fraction of sp³-hybridized carbons (Fsp3) is 0.333. The second-order valence-electron chi connectivity index (χ2n) is 3.89. The second kappa shape index (κ2) is 4.45. The van der Waals surface area contributed by atoms with Crippen molar-refractivity contribution in [3.63, 3.8) is 0 Å². The van der Waals surface area contributed by atoms with Crippen LogP contribution in [0.2, 0.25) is 0 Å². The number of nitrogens with zero attached hydrogens (tertiary/aromatic N) is 1. The van der Waals surface area contributed by atoms with Crippen LogP contribution in [0.15, 0.2) is 22.6 Å². The predicted octanol–water partition coefficient (Wildman–Crippen LogP) is 2.10. The molecule has 5 heteroatoms. The van der Waals surface area contributed by atoms with E-state index < -0.39 is 11.9 Å². The number of hydrogen-bond acceptors (Lipinski definition) is 4. The molecule has 0 spiro atoms. The van der Waals surface area contributed by atoms with E-state index >= 15 is 0 Å². The highest BCUT2D eigenvalue weighted by Gasteiger charge is 2.16. The molecule has 0 saturated carbocycles. The maximum Gasteiger partial charge on any atom is 0.394 e. The Morgan fingerprint density at radius 3 is 3.00 bits per heavy atom. The minimum absolute atomic E-state index is 0.190. The van der Waals surface area contributed by atoms with Gasteiger partial charge in [-0.25, -0.2) is 0 Å². The van der Waals surface area contributed by atoms with Gasteiger partial charge in [-0.05, 0) is 18.1 Å². The van der Waals surface area contributed by atoms with E-state index in [0.29, 0.717) is 17.5 Å². The Hall–Kier alpha value is -2.04. The fourth-order valence-electron chi connectivity index (χ4n) is 1.65. The molecular weight excluding hydrogens is 222 g/mol. The second-order valence-corrected chi connectivity index (χ2v) is 3.89. The summed E-state index contributed by atoms with van der Waals surface area (Å²) in [5.74, 6) is -1.28. The van der Waals surface area contributed by atoms with E-state index in [9.17, 15) is 4.79 Å². The molecular formula is C12H13NO4. The maximum absolute atomic E-state index is 10.8. The highest BCUT2D eigenvalue weighted by atomic mass is 16.6. The molecule has 0 saturated heterocycles. The number of ether oxygens (including phenoxy) is 1. The fourth-order valence-corrected chi connectivity index (χ4v) is 1.65. The van der Waals surface area contributed by atoms with Crippen LogP contribution in [0.4, 0.5) is 0 Å². The van der Waals surface area contributed by atoms with Gasteiger partial charge < -0.3 is 14.3 Å². The molecule has 0 radical (unpaired) electrons. The predicted molar refractivity (Wildman–Crippen MR) is 61.1 cm³/mol. The summed E-state index contributed by atoms with van der Waals surface area (Å²) in [4.78, 5) is 15.0. The minimum atomic E-state index is -0.822. The molecule has 0 fully saturated rings. The van der Waals surface area contributed by atoms with Gasteiger partial charge in [0.05, 0.1) is 13.0 Å². The summed E-state index contributed by atoms with van der Waals surface area (Å²) in [5.41, 5.74) is 2.12. The molecule has 0 amide bonds. The molecule has 90 valence electrons. The maximum atomic E-state index is 10.8. The number of aromatic nitrogens is 1. The Labute approximate surface area is 98.0 Å². The van der Waals surface area contributed by atoms with Crippen molar-refractivity contribution in [1.29, 1.82) is 0 Å². The number of carboxylic acid groups (broad SMARTS) is 1. The molecule has 0 aliphatic heterocycles. The number of rotatable bonds is 4. The number of hydrogen-bond donors (Lipinski definition) is 1. The zero-order valence-electron chi connectivity index (χ0n) is 9.64. The zero-order valence-corrected chi connectivity index (χ0v) is 9.64. The first kappa shape index (κ1) is 11.4. The highest BCUT2D eigenvalue weighted by molar-refractivity contribution is 5.78. The summed E-state index contributed by atoms with van der Waals surface area (Å²) in [5, 5.41) is 8.90. The van der Waals surface area contributed by atoms with Crippen LogP contribution in [-0.4, -0.2) is 23.2 Å². The average Bonchev–Trinajstić information content (AvgIpc) is 2.72. The van der Waals surface area contributed by atoms with Gasteiger partial charge in [-0.1, -0.05) is 19.1 Å². The summed E-state index contributed by atoms with van der Waals surface area (Å²) < 4.78 is 10.2. The van der Waals surface area contributed by atoms with Crippen molar-refractivity contribution in [3.8, 4) is 6.08 Å². The third-order valence-electron chi connectivity index (χ3n) is 2.61. The normalized spacial score (nSPS) is 12.6. The summed E-state index contributed by atoms with van der Waals surface area (Å²) in [7, 11) is 1.48. The van der Waals surface area contributed by atoms with Gasteiger partial charge in [0.15, 0.2) is 5.58 Å². The van der Waals surface area contributed by atoms with Crippen molar-refractivity contribution in [2.24, 2.45) is 5.92 Å². The number of carbonyl (C=O) groups is 1. The van der Waals surface area contributed by atoms with Gasteiger partial charge >= 0.3 is 12.0 Å². The molecule has 2 aromatic rings. The molecule has 1 aromatic carbocycles. The van der Waals surface area contributed by atoms with Crippen molar-refractivity contribution in [1.82, 2.24) is 4.98 Å². The van der Waals surface area contributed by atoms with Crippen LogP contribution in [-0.2, 0) is 11.2 Å². The van der Waals surface area contributed by atoms with Gasteiger partial charge in [-0.2, -0.15) is 4.98 Å². The van der Waals surface area contributed by atoms with E-state index in [4.69, 9.17) is 14.3 Å². The van der Waals surface area contributed by atoms with Crippen LogP contribution < -0.4 is 4.74 Å². The first-order chi connectivity index (χ1) is 8.11. The standard InChI is InChI=1S/C12H13NO4/c1-7(11(14)15)6-8-4-3-5-9-10(8)13-12(16-2)17-9/h3-5,7H,6H2,1-2H3,(H,14,15). The number of benzene rings is 1. The van der Waals surface area contributed by atoms with Crippen LogP contribution >= 0.6 is 0 Å². The van der Waals surface area contributed by atoms with Gasteiger partial charge in [0, 0.05) is 0 Å².